The Balaban J connectivity index is 0.000000207. The Morgan fingerprint density at radius 3 is 1.60 bits per heavy atom. The predicted molar refractivity (Wildman–Crippen MR) is 224 cm³/mol. The summed E-state index contributed by atoms with van der Waals surface area (Å²) < 4.78 is 18.2. The summed E-state index contributed by atoms with van der Waals surface area (Å²) in [7, 11) is 6.12. The van der Waals surface area contributed by atoms with Gasteiger partial charge in [0.15, 0.2) is 22.7 Å². The van der Waals surface area contributed by atoms with E-state index in [0.717, 1.165) is 0 Å². The van der Waals surface area contributed by atoms with Crippen molar-refractivity contribution in [1.82, 2.24) is 55.4 Å². The van der Waals surface area contributed by atoms with Crippen LogP contribution in [0.1, 0.15) is 51.9 Å². The first-order chi connectivity index (χ1) is 29.7. The largest absolute Gasteiger partial charge is 0.467 e. The summed E-state index contributed by atoms with van der Waals surface area (Å²) in [6.07, 6.45) is 3.38. The lowest BCUT2D eigenvalue weighted by atomic mass is 10.0. The Labute approximate surface area is 359 Å². The van der Waals surface area contributed by atoms with Crippen LogP contribution in [-0.4, -0.2) is 142 Å². The van der Waals surface area contributed by atoms with Gasteiger partial charge in [0.1, 0.15) is 0 Å². The van der Waals surface area contributed by atoms with Gasteiger partial charge in [-0.25, -0.2) is 24.1 Å². The van der Waals surface area contributed by atoms with Crippen LogP contribution in [0.5, 0.6) is 12.0 Å². The molecule has 0 radical (unpaired) electrons. The van der Waals surface area contributed by atoms with Crippen molar-refractivity contribution in [2.75, 3.05) is 48.0 Å². The lowest BCUT2D eigenvalue weighted by Gasteiger charge is -2.13. The molecule has 0 bridgehead atoms. The minimum atomic E-state index is -1.69. The smallest absolute Gasteiger partial charge is 0.359 e. The van der Waals surface area contributed by atoms with Crippen LogP contribution in [0.4, 0.5) is 0 Å². The summed E-state index contributed by atoms with van der Waals surface area (Å²) in [5.41, 5.74) is 5.09. The van der Waals surface area contributed by atoms with Crippen LogP contribution in [0.15, 0.2) is 60.9 Å². The van der Waals surface area contributed by atoms with Gasteiger partial charge in [-0.1, -0.05) is 35.8 Å². The Morgan fingerprint density at radius 1 is 0.762 bits per heavy atom. The number of methoxy groups -OCH3 is 2. The molecule has 324 valence electrons. The number of aliphatic hydroxyl groups is 2. The van der Waals surface area contributed by atoms with E-state index in [9.17, 15) is 29.4 Å². The van der Waals surface area contributed by atoms with E-state index in [1.807, 2.05) is 0 Å². The summed E-state index contributed by atoms with van der Waals surface area (Å²) in [6.45, 7) is 2.80. The first kappa shape index (κ1) is 44.6. The van der Waals surface area contributed by atoms with Crippen LogP contribution in [0.25, 0.3) is 33.4 Å². The van der Waals surface area contributed by atoms with E-state index in [1.54, 1.807) is 69.6 Å². The third-order valence-electron chi connectivity index (χ3n) is 9.90. The number of likely N-dealkylation sites (tertiary alicyclic amines) is 2. The highest BCUT2D eigenvalue weighted by molar-refractivity contribution is 6.03. The van der Waals surface area contributed by atoms with E-state index in [0.29, 0.717) is 57.7 Å². The molecule has 21 nitrogen and oxygen atoms in total. The van der Waals surface area contributed by atoms with Crippen LogP contribution < -0.4 is 21.4 Å². The number of rotatable bonds is 7. The number of aromatic nitrogens is 8. The maximum absolute atomic E-state index is 12.4. The van der Waals surface area contributed by atoms with Gasteiger partial charge in [0.2, 0.25) is 11.2 Å². The molecule has 3 amide bonds. The third kappa shape index (κ3) is 8.78. The minimum absolute atomic E-state index is 0. The van der Waals surface area contributed by atoms with E-state index in [1.165, 1.54) is 45.8 Å². The van der Waals surface area contributed by atoms with Crippen molar-refractivity contribution < 1.29 is 43.6 Å². The zero-order valence-electron chi connectivity index (χ0n) is 34.8. The number of ether oxygens (including phenoxy) is 3. The summed E-state index contributed by atoms with van der Waals surface area (Å²) in [6, 6.07) is 14.1. The van der Waals surface area contributed by atoms with Crippen LogP contribution in [0, 0.1) is 23.7 Å². The van der Waals surface area contributed by atoms with E-state index in [2.05, 4.69) is 53.8 Å². The van der Waals surface area contributed by atoms with Crippen molar-refractivity contribution in [3.8, 4) is 47.1 Å². The average Bonchev–Trinajstić information content (AvgIpc) is 4.01. The zero-order valence-corrected chi connectivity index (χ0v) is 34.8. The minimum Gasteiger partial charge on any atom is -0.467 e. The van der Waals surface area contributed by atoms with Crippen LogP contribution in [0.2, 0.25) is 0 Å². The molecule has 0 spiro atoms. The molecule has 63 heavy (non-hydrogen) atoms. The number of benzene rings is 2. The highest BCUT2D eigenvalue weighted by Gasteiger charge is 2.43. The molecular weight excluding hydrogens is 817 g/mol. The molecule has 7 N–H and O–H groups in total. The second kappa shape index (κ2) is 17.9. The maximum atomic E-state index is 12.4. The SMILES string of the molecule is CCOC(=O)c1nn(-c2cccc(C#C[C@]3(O)CCN(C)C3=O)c2)c2nc(OC)ncc12.COc1ncc2c(C(N)=O)nn(-c3cccc(C#C[C@]4(O)CCN(C)C4=O)c3)c2n1.N. The van der Waals surface area contributed by atoms with Gasteiger partial charge in [0.05, 0.1) is 43.0 Å². The number of esters is 1. The number of primary amides is 1. The number of likely N-dealkylation sites (N-methyl/N-ethyl adjacent to an activating group) is 2. The molecule has 0 unspecified atom stereocenters. The molecule has 2 aromatic carbocycles. The molecule has 6 aromatic rings. The van der Waals surface area contributed by atoms with E-state index in [-0.39, 0.29) is 49.0 Å². The quantitative estimate of drug-likeness (QED) is 0.129. The molecular formula is C42H42N12O9. The number of fused-ring (bicyclic) bond motifs is 2. The van der Waals surface area contributed by atoms with Gasteiger partial charge in [-0.15, -0.1) is 0 Å². The second-order valence-electron chi connectivity index (χ2n) is 14.1. The molecule has 2 fully saturated rings. The molecule has 2 aliphatic rings. The molecule has 4 aromatic heterocycles. The third-order valence-corrected chi connectivity index (χ3v) is 9.90. The Morgan fingerprint density at radius 2 is 1.21 bits per heavy atom. The number of carbonyl (C=O) groups is 4. The fourth-order valence-corrected chi connectivity index (χ4v) is 6.58. The Hall–Kier alpha value is -7.98. The number of carbonyl (C=O) groups excluding carboxylic acids is 4. The van der Waals surface area contributed by atoms with Crippen LogP contribution in [-0.2, 0) is 14.3 Å². The first-order valence-electron chi connectivity index (χ1n) is 19.0. The molecule has 0 saturated carbocycles. The molecule has 21 heteroatoms. The number of amides is 3. The van der Waals surface area contributed by atoms with Crippen molar-refractivity contribution in [3.63, 3.8) is 0 Å². The molecule has 2 atom stereocenters. The van der Waals surface area contributed by atoms with Gasteiger partial charge in [-0.3, -0.25) is 14.4 Å². The standard InChI is InChI=1S/C22H21N5O5.C20H18N6O4.H3N/c1-4-32-19(28)17-16-13-23-21(31-3)24-18(16)27(25-17)15-7-5-6-14(12-15)8-9-22(30)10-11-26(2)20(22)29;1-25-9-8-20(29,18(25)28)7-6-12-4-3-5-13(10-12)26-17-14(15(24-26)16(21)27)11-22-19(23-17)30-2;/h5-7,12-13,30H,4,10-11H2,1-3H3;3-5,10-11,29H,8-9H2,1-2H3,(H2,21,27);1H3/t22-;20-;/m00./s1. The summed E-state index contributed by atoms with van der Waals surface area (Å²) >= 11 is 0. The maximum Gasteiger partial charge on any atom is 0.359 e. The summed E-state index contributed by atoms with van der Waals surface area (Å²) in [4.78, 5) is 68.0. The molecule has 2 saturated heterocycles. The highest BCUT2D eigenvalue weighted by Crippen LogP contribution is 2.26. The van der Waals surface area contributed by atoms with Gasteiger partial charge in [0.25, 0.3) is 17.7 Å². The van der Waals surface area contributed by atoms with E-state index in [4.69, 9.17) is 19.9 Å². The predicted octanol–water partition coefficient (Wildman–Crippen LogP) is 0.975. The molecule has 0 aliphatic carbocycles. The van der Waals surface area contributed by atoms with Gasteiger partial charge in [-0.05, 0) is 43.3 Å². The summed E-state index contributed by atoms with van der Waals surface area (Å²) in [5, 5.41) is 30.5. The fourth-order valence-electron chi connectivity index (χ4n) is 6.58. The average molecular weight is 859 g/mol. The van der Waals surface area contributed by atoms with E-state index >= 15 is 0 Å². The van der Waals surface area contributed by atoms with Crippen molar-refractivity contribution in [2.24, 2.45) is 5.73 Å². The Bertz CT molecular complexity index is 2910. The molecule has 2 aliphatic heterocycles. The number of hydrogen-bond donors (Lipinski definition) is 4. The van der Waals surface area contributed by atoms with Gasteiger partial charge in [-0.2, -0.15) is 20.2 Å². The second-order valence-corrected chi connectivity index (χ2v) is 14.1. The Kier molecular flexibility index (Phi) is 12.7. The van der Waals surface area contributed by atoms with E-state index < -0.39 is 34.9 Å². The highest BCUT2D eigenvalue weighted by atomic mass is 16.5. The number of hydrogen-bond acceptors (Lipinski definition) is 16. The number of nitrogens with two attached hydrogens (primary N) is 1. The van der Waals surface area contributed by atoms with Gasteiger partial charge >= 0.3 is 18.0 Å². The van der Waals surface area contributed by atoms with Crippen LogP contribution >= 0.6 is 0 Å². The topological polar surface area (TPSA) is 291 Å². The van der Waals surface area contributed by atoms with Crippen molar-refractivity contribution in [2.45, 2.75) is 31.0 Å². The van der Waals surface area contributed by atoms with Gasteiger partial charge in [0, 0.05) is 63.5 Å². The first-order valence-corrected chi connectivity index (χ1v) is 19.0. The zero-order chi connectivity index (χ0) is 44.3. The number of nitrogens with zero attached hydrogens (tertiary/aromatic N) is 10. The normalized spacial score (nSPS) is 17.8. The molecule has 8 rings (SSSR count). The lowest BCUT2D eigenvalue weighted by Crippen LogP contribution is -2.37. The van der Waals surface area contributed by atoms with Crippen molar-refractivity contribution >= 4 is 45.8 Å². The fraction of sp³-hybridized carbons (Fsp3) is 0.286. The van der Waals surface area contributed by atoms with Crippen molar-refractivity contribution in [3.05, 3.63) is 83.4 Å². The van der Waals surface area contributed by atoms with Crippen LogP contribution in [0.3, 0.4) is 0 Å². The summed E-state index contributed by atoms with van der Waals surface area (Å²) in [5.74, 6) is 8.96. The molecule has 6 heterocycles. The van der Waals surface area contributed by atoms with Crippen molar-refractivity contribution in [1.29, 1.82) is 0 Å². The van der Waals surface area contributed by atoms with Gasteiger partial charge < -0.3 is 46.1 Å². The monoisotopic (exact) mass is 858 g/mol. The lowest BCUT2D eigenvalue weighted by molar-refractivity contribution is -0.138.